The van der Waals surface area contributed by atoms with Gasteiger partial charge in [0.1, 0.15) is 0 Å². The smallest absolute Gasteiger partial charge is 0.310 e. The molecule has 0 bridgehead atoms. The van der Waals surface area contributed by atoms with Gasteiger partial charge in [0.15, 0.2) is 0 Å². The zero-order valence-corrected chi connectivity index (χ0v) is 11.2. The molecule has 1 N–H and O–H groups in total. The average molecular weight is 282 g/mol. The van der Waals surface area contributed by atoms with E-state index in [0.717, 1.165) is 6.42 Å². The second kappa shape index (κ2) is 5.40. The van der Waals surface area contributed by atoms with E-state index in [1.54, 1.807) is 24.3 Å². The lowest BCUT2D eigenvalue weighted by Gasteiger charge is -2.07. The van der Waals surface area contributed by atoms with Crippen molar-refractivity contribution in [2.24, 2.45) is 0 Å². The molecule has 2 rings (SSSR count). The minimum atomic E-state index is -3.69. The summed E-state index contributed by atoms with van der Waals surface area (Å²) in [6.45, 7) is 1.89. The standard InChI is InChI=1S/C12H14N2O4S/c1-2-3-8-19(16,17)18-12-10-7-5-4-6-9(10)11(15)13-14-12/h4-7H,2-3,8H2,1H3,(H,13,15). The Hall–Kier alpha value is -1.89. The fourth-order valence-electron chi connectivity index (χ4n) is 1.64. The molecule has 0 atom stereocenters. The zero-order valence-electron chi connectivity index (χ0n) is 10.4. The SMILES string of the molecule is CCCCS(=O)(=O)Oc1n[nH]c(=O)c2ccccc12. The Balaban J connectivity index is 2.42. The maximum Gasteiger partial charge on any atom is 0.310 e. The van der Waals surface area contributed by atoms with E-state index in [-0.39, 0.29) is 17.2 Å². The van der Waals surface area contributed by atoms with Crippen molar-refractivity contribution in [3.63, 3.8) is 0 Å². The number of hydrogen-bond donors (Lipinski definition) is 1. The van der Waals surface area contributed by atoms with Crippen molar-refractivity contribution in [2.75, 3.05) is 5.75 Å². The van der Waals surface area contributed by atoms with Crippen molar-refractivity contribution in [1.29, 1.82) is 0 Å². The normalized spacial score (nSPS) is 11.6. The molecule has 7 heteroatoms. The van der Waals surface area contributed by atoms with Crippen molar-refractivity contribution in [1.82, 2.24) is 10.2 Å². The monoisotopic (exact) mass is 282 g/mol. The van der Waals surface area contributed by atoms with Gasteiger partial charge in [0.25, 0.3) is 11.4 Å². The summed E-state index contributed by atoms with van der Waals surface area (Å²) in [4.78, 5) is 11.5. The second-order valence-corrected chi connectivity index (χ2v) is 5.79. The third-order valence-electron chi connectivity index (χ3n) is 2.61. The molecule has 1 aromatic carbocycles. The topological polar surface area (TPSA) is 89.1 Å². The van der Waals surface area contributed by atoms with Crippen molar-refractivity contribution in [3.05, 3.63) is 34.6 Å². The van der Waals surface area contributed by atoms with Gasteiger partial charge >= 0.3 is 10.1 Å². The minimum Gasteiger partial charge on any atom is -0.359 e. The molecule has 0 fully saturated rings. The van der Waals surface area contributed by atoms with Crippen LogP contribution in [-0.2, 0) is 10.1 Å². The number of fused-ring (bicyclic) bond motifs is 1. The number of aromatic amines is 1. The first-order valence-electron chi connectivity index (χ1n) is 5.93. The summed E-state index contributed by atoms with van der Waals surface area (Å²) in [6.07, 6.45) is 1.27. The third-order valence-corrected chi connectivity index (χ3v) is 3.82. The lowest BCUT2D eigenvalue weighted by atomic mass is 10.2. The second-order valence-electron chi connectivity index (χ2n) is 4.10. The number of rotatable bonds is 5. The van der Waals surface area contributed by atoms with Gasteiger partial charge in [-0.05, 0) is 18.6 Å². The molecule has 0 aliphatic carbocycles. The molecule has 19 heavy (non-hydrogen) atoms. The first kappa shape index (κ1) is 13.5. The molecule has 0 saturated heterocycles. The van der Waals surface area contributed by atoms with E-state index in [1.165, 1.54) is 0 Å². The van der Waals surface area contributed by atoms with Crippen LogP contribution in [0.4, 0.5) is 0 Å². The Morgan fingerprint density at radius 2 is 1.95 bits per heavy atom. The maximum atomic E-state index is 11.7. The van der Waals surface area contributed by atoms with Gasteiger partial charge in [-0.15, -0.1) is 5.10 Å². The van der Waals surface area contributed by atoms with Crippen LogP contribution in [-0.4, -0.2) is 24.4 Å². The van der Waals surface area contributed by atoms with E-state index in [0.29, 0.717) is 17.2 Å². The van der Waals surface area contributed by atoms with E-state index in [4.69, 9.17) is 4.18 Å². The first-order chi connectivity index (χ1) is 9.03. The van der Waals surface area contributed by atoms with Crippen LogP contribution >= 0.6 is 0 Å². The Morgan fingerprint density at radius 3 is 2.63 bits per heavy atom. The predicted octanol–water partition coefficient (Wildman–Crippen LogP) is 1.43. The molecule has 0 aliphatic rings. The van der Waals surface area contributed by atoms with Crippen molar-refractivity contribution >= 4 is 20.9 Å². The molecule has 1 heterocycles. The van der Waals surface area contributed by atoms with Gasteiger partial charge < -0.3 is 4.18 Å². The number of H-pyrrole nitrogens is 1. The van der Waals surface area contributed by atoms with Crippen LogP contribution in [0, 0.1) is 0 Å². The Kier molecular flexibility index (Phi) is 3.84. The molecule has 0 radical (unpaired) electrons. The molecule has 102 valence electrons. The van der Waals surface area contributed by atoms with Crippen molar-refractivity contribution in [3.8, 4) is 5.88 Å². The highest BCUT2D eigenvalue weighted by Gasteiger charge is 2.16. The van der Waals surface area contributed by atoms with E-state index < -0.39 is 10.1 Å². The van der Waals surface area contributed by atoms with E-state index >= 15 is 0 Å². The van der Waals surface area contributed by atoms with E-state index in [1.807, 2.05) is 6.92 Å². The quantitative estimate of drug-likeness (QED) is 0.838. The summed E-state index contributed by atoms with van der Waals surface area (Å²) in [5.74, 6) is -0.162. The average Bonchev–Trinajstić information content (AvgIpc) is 2.40. The minimum absolute atomic E-state index is 0.0708. The lowest BCUT2D eigenvalue weighted by Crippen LogP contribution is -2.17. The molecular formula is C12H14N2O4S. The molecule has 0 amide bonds. The van der Waals surface area contributed by atoms with Gasteiger partial charge in [0.2, 0.25) is 0 Å². The van der Waals surface area contributed by atoms with Crippen molar-refractivity contribution < 1.29 is 12.6 Å². The van der Waals surface area contributed by atoms with Crippen LogP contribution in [0.25, 0.3) is 10.8 Å². The highest BCUT2D eigenvalue weighted by molar-refractivity contribution is 7.87. The summed E-state index contributed by atoms with van der Waals surface area (Å²) < 4.78 is 28.4. The molecular weight excluding hydrogens is 268 g/mol. The summed E-state index contributed by atoms with van der Waals surface area (Å²) in [5.41, 5.74) is -0.381. The Bertz CT molecular complexity index is 737. The fourth-order valence-corrected chi connectivity index (χ4v) is 2.73. The first-order valence-corrected chi connectivity index (χ1v) is 7.51. The number of unbranched alkanes of at least 4 members (excludes halogenated alkanes) is 1. The maximum absolute atomic E-state index is 11.7. The summed E-state index contributed by atoms with van der Waals surface area (Å²) >= 11 is 0. The molecule has 1 aromatic heterocycles. The fraction of sp³-hybridized carbons (Fsp3) is 0.333. The number of nitrogens with one attached hydrogen (secondary N) is 1. The van der Waals surface area contributed by atoms with Crippen LogP contribution in [0.3, 0.4) is 0 Å². The van der Waals surface area contributed by atoms with Crippen LogP contribution in [0.15, 0.2) is 29.1 Å². The Labute approximate surface area is 110 Å². The molecule has 0 unspecified atom stereocenters. The molecule has 0 saturated carbocycles. The number of hydrogen-bond acceptors (Lipinski definition) is 5. The lowest BCUT2D eigenvalue weighted by molar-refractivity contribution is 0.472. The highest BCUT2D eigenvalue weighted by Crippen LogP contribution is 2.20. The van der Waals surface area contributed by atoms with Gasteiger partial charge in [-0.1, -0.05) is 25.5 Å². The predicted molar refractivity (Wildman–Crippen MR) is 71.7 cm³/mol. The van der Waals surface area contributed by atoms with E-state index in [2.05, 4.69) is 10.2 Å². The summed E-state index contributed by atoms with van der Waals surface area (Å²) in [6, 6.07) is 6.56. The van der Waals surface area contributed by atoms with Crippen molar-refractivity contribution in [2.45, 2.75) is 19.8 Å². The molecule has 0 aliphatic heterocycles. The van der Waals surface area contributed by atoms with E-state index in [9.17, 15) is 13.2 Å². The molecule has 6 nitrogen and oxygen atoms in total. The van der Waals surface area contributed by atoms with Gasteiger partial charge in [-0.2, -0.15) is 8.42 Å². The highest BCUT2D eigenvalue weighted by atomic mass is 32.2. The van der Waals surface area contributed by atoms with Gasteiger partial charge in [-0.25, -0.2) is 5.10 Å². The van der Waals surface area contributed by atoms with Crippen LogP contribution in [0.2, 0.25) is 0 Å². The largest absolute Gasteiger partial charge is 0.359 e. The van der Waals surface area contributed by atoms with Crippen LogP contribution in [0.5, 0.6) is 5.88 Å². The zero-order chi connectivity index (χ0) is 13.9. The van der Waals surface area contributed by atoms with Crippen LogP contribution in [0.1, 0.15) is 19.8 Å². The van der Waals surface area contributed by atoms with Gasteiger partial charge in [-0.3, -0.25) is 4.79 Å². The Morgan fingerprint density at radius 1 is 1.26 bits per heavy atom. The molecule has 0 spiro atoms. The number of nitrogens with zero attached hydrogens (tertiary/aromatic N) is 1. The molecule has 2 aromatic rings. The third kappa shape index (κ3) is 3.11. The van der Waals surface area contributed by atoms with Gasteiger partial charge in [0, 0.05) is 0 Å². The van der Waals surface area contributed by atoms with Crippen LogP contribution < -0.4 is 9.74 Å². The van der Waals surface area contributed by atoms with Gasteiger partial charge in [0.05, 0.1) is 16.5 Å². The number of aromatic nitrogens is 2. The number of benzene rings is 1. The summed E-state index contributed by atoms with van der Waals surface area (Å²) in [7, 11) is -3.69. The summed E-state index contributed by atoms with van der Waals surface area (Å²) in [5, 5.41) is 6.61.